The van der Waals surface area contributed by atoms with Gasteiger partial charge in [-0.3, -0.25) is 4.99 Å². The largest absolute Gasteiger partial charge is 0.361 e. The van der Waals surface area contributed by atoms with Crippen molar-refractivity contribution in [2.45, 2.75) is 59.3 Å². The van der Waals surface area contributed by atoms with Crippen LogP contribution in [0.5, 0.6) is 0 Å². The maximum Gasteiger partial charge on any atom is 0.191 e. The summed E-state index contributed by atoms with van der Waals surface area (Å²) in [6.45, 7) is 13.0. The van der Waals surface area contributed by atoms with Crippen molar-refractivity contribution < 1.29 is 4.52 Å². The van der Waals surface area contributed by atoms with Gasteiger partial charge in [-0.15, -0.1) is 24.0 Å². The van der Waals surface area contributed by atoms with E-state index in [1.54, 1.807) is 0 Å². The van der Waals surface area contributed by atoms with E-state index >= 15 is 0 Å². The highest BCUT2D eigenvalue weighted by Gasteiger charge is 2.28. The fourth-order valence-electron chi connectivity index (χ4n) is 3.50. The molecule has 1 heterocycles. The lowest BCUT2D eigenvalue weighted by molar-refractivity contribution is 0.392. The number of guanidine groups is 1. The second kappa shape index (κ2) is 12.1. The van der Waals surface area contributed by atoms with E-state index in [0.29, 0.717) is 0 Å². The Hall–Kier alpha value is -1.57. The number of hydrogen-bond donors (Lipinski definition) is 2. The van der Waals surface area contributed by atoms with Gasteiger partial charge in [0.15, 0.2) is 5.96 Å². The molecule has 0 atom stereocenters. The predicted octanol–water partition coefficient (Wildman–Crippen LogP) is 4.77. The molecular formula is C22H35IN4O. The summed E-state index contributed by atoms with van der Waals surface area (Å²) < 4.78 is 5.25. The fourth-order valence-corrected chi connectivity index (χ4v) is 3.50. The molecule has 1 aromatic heterocycles. The van der Waals surface area contributed by atoms with Gasteiger partial charge >= 0.3 is 0 Å². The van der Waals surface area contributed by atoms with E-state index in [1.807, 2.05) is 13.8 Å². The van der Waals surface area contributed by atoms with Crippen LogP contribution in [0.4, 0.5) is 0 Å². The van der Waals surface area contributed by atoms with E-state index in [0.717, 1.165) is 56.3 Å². The Kier molecular flexibility index (Phi) is 10.6. The summed E-state index contributed by atoms with van der Waals surface area (Å²) in [5.74, 6) is 1.77. The Morgan fingerprint density at radius 3 is 2.29 bits per heavy atom. The number of aliphatic imine (C=N–C) groups is 1. The molecule has 0 saturated carbocycles. The van der Waals surface area contributed by atoms with Gasteiger partial charge < -0.3 is 15.2 Å². The van der Waals surface area contributed by atoms with Crippen molar-refractivity contribution in [2.24, 2.45) is 4.99 Å². The Balaban J connectivity index is 0.00000392. The molecular weight excluding hydrogens is 463 g/mol. The Labute approximate surface area is 186 Å². The molecule has 28 heavy (non-hydrogen) atoms. The van der Waals surface area contributed by atoms with Crippen LogP contribution < -0.4 is 10.6 Å². The Morgan fingerprint density at radius 2 is 1.75 bits per heavy atom. The van der Waals surface area contributed by atoms with Crippen molar-refractivity contribution in [1.82, 2.24) is 15.8 Å². The molecule has 2 N–H and O–H groups in total. The third-order valence-corrected chi connectivity index (χ3v) is 5.47. The van der Waals surface area contributed by atoms with Crippen LogP contribution in [0.15, 0.2) is 39.8 Å². The summed E-state index contributed by atoms with van der Waals surface area (Å²) >= 11 is 0. The van der Waals surface area contributed by atoms with Gasteiger partial charge in [0.1, 0.15) is 5.76 Å². The van der Waals surface area contributed by atoms with Gasteiger partial charge in [0.05, 0.1) is 12.2 Å². The van der Waals surface area contributed by atoms with Gasteiger partial charge in [-0.1, -0.05) is 49.3 Å². The summed E-state index contributed by atoms with van der Waals surface area (Å²) in [7, 11) is 0. The van der Waals surface area contributed by atoms with Crippen LogP contribution in [0.3, 0.4) is 0 Å². The monoisotopic (exact) mass is 498 g/mol. The third kappa shape index (κ3) is 6.22. The summed E-state index contributed by atoms with van der Waals surface area (Å²) in [6.07, 6.45) is 3.00. The number of nitrogens with one attached hydrogen (secondary N) is 2. The van der Waals surface area contributed by atoms with Gasteiger partial charge in [-0.2, -0.15) is 0 Å². The van der Waals surface area contributed by atoms with Crippen molar-refractivity contribution in [2.75, 3.05) is 19.6 Å². The molecule has 0 saturated heterocycles. The maximum atomic E-state index is 5.25. The molecule has 6 heteroatoms. The predicted molar refractivity (Wildman–Crippen MR) is 128 cm³/mol. The number of hydrogen-bond acceptors (Lipinski definition) is 3. The van der Waals surface area contributed by atoms with E-state index in [9.17, 15) is 0 Å². The van der Waals surface area contributed by atoms with E-state index in [-0.39, 0.29) is 29.4 Å². The number of rotatable bonds is 9. The van der Waals surface area contributed by atoms with E-state index in [2.05, 4.69) is 66.9 Å². The first kappa shape index (κ1) is 24.5. The topological polar surface area (TPSA) is 62.5 Å². The second-order valence-corrected chi connectivity index (χ2v) is 7.03. The van der Waals surface area contributed by atoms with E-state index < -0.39 is 0 Å². The number of nitrogens with zero attached hydrogens (tertiary/aromatic N) is 2. The van der Waals surface area contributed by atoms with Crippen LogP contribution in [0.2, 0.25) is 0 Å². The van der Waals surface area contributed by atoms with Crippen LogP contribution in [0.1, 0.15) is 56.2 Å². The molecule has 1 aromatic carbocycles. The van der Waals surface area contributed by atoms with Crippen LogP contribution in [0, 0.1) is 13.8 Å². The van der Waals surface area contributed by atoms with Crippen LogP contribution in [-0.2, 0) is 11.8 Å². The van der Waals surface area contributed by atoms with Crippen LogP contribution in [0.25, 0.3) is 0 Å². The molecule has 0 aliphatic rings. The lowest BCUT2D eigenvalue weighted by Gasteiger charge is -2.31. The minimum absolute atomic E-state index is 0. The second-order valence-electron chi connectivity index (χ2n) is 7.03. The summed E-state index contributed by atoms with van der Waals surface area (Å²) in [4.78, 5) is 4.92. The first-order valence-corrected chi connectivity index (χ1v) is 10.1. The quantitative estimate of drug-likeness (QED) is 0.297. The molecule has 0 fully saturated rings. The van der Waals surface area contributed by atoms with Gasteiger partial charge in [0.25, 0.3) is 0 Å². The molecule has 0 unspecified atom stereocenters. The summed E-state index contributed by atoms with van der Waals surface area (Å²) in [5.41, 5.74) is 3.59. The lowest BCUT2D eigenvalue weighted by Crippen LogP contribution is -2.40. The van der Waals surface area contributed by atoms with Crippen LogP contribution in [-0.4, -0.2) is 30.8 Å². The average Bonchev–Trinajstić information content (AvgIpc) is 3.02. The van der Waals surface area contributed by atoms with Crippen LogP contribution >= 0.6 is 24.0 Å². The third-order valence-electron chi connectivity index (χ3n) is 5.47. The molecule has 5 nitrogen and oxygen atoms in total. The molecule has 0 radical (unpaired) electrons. The molecule has 0 amide bonds. The zero-order chi connectivity index (χ0) is 19.7. The standard InChI is InChI=1S/C22H34N4O.HI/c1-6-22(7-2,19-12-10-9-11-13-19)16-25-21(23-8-3)24-15-14-20-17(4)26-27-18(20)5;/h9-13H,6-8,14-16H2,1-5H3,(H2,23,24,25);1H. The van der Waals surface area contributed by atoms with Gasteiger partial charge in [-0.05, 0) is 45.6 Å². The maximum absolute atomic E-state index is 5.25. The number of aromatic nitrogens is 1. The van der Waals surface area contributed by atoms with Crippen molar-refractivity contribution in [3.8, 4) is 0 Å². The van der Waals surface area contributed by atoms with Gasteiger partial charge in [0.2, 0.25) is 0 Å². The van der Waals surface area contributed by atoms with Crippen molar-refractivity contribution >= 4 is 29.9 Å². The summed E-state index contributed by atoms with van der Waals surface area (Å²) in [6, 6.07) is 10.8. The van der Waals surface area contributed by atoms with Gasteiger partial charge in [0, 0.05) is 24.1 Å². The number of benzene rings is 1. The van der Waals surface area contributed by atoms with Crippen molar-refractivity contribution in [3.05, 3.63) is 52.9 Å². The lowest BCUT2D eigenvalue weighted by atomic mass is 9.76. The average molecular weight is 498 g/mol. The molecule has 0 bridgehead atoms. The van der Waals surface area contributed by atoms with E-state index in [4.69, 9.17) is 9.52 Å². The number of halogens is 1. The number of aryl methyl sites for hydroxylation is 2. The van der Waals surface area contributed by atoms with Crippen molar-refractivity contribution in [1.29, 1.82) is 0 Å². The molecule has 2 aromatic rings. The highest BCUT2D eigenvalue weighted by molar-refractivity contribution is 14.0. The minimum Gasteiger partial charge on any atom is -0.361 e. The van der Waals surface area contributed by atoms with E-state index in [1.165, 1.54) is 11.1 Å². The molecule has 0 aliphatic carbocycles. The highest BCUT2D eigenvalue weighted by atomic mass is 127. The molecule has 2 rings (SSSR count). The zero-order valence-corrected chi connectivity index (χ0v) is 20.2. The Bertz CT molecular complexity index is 704. The smallest absolute Gasteiger partial charge is 0.191 e. The first-order valence-electron chi connectivity index (χ1n) is 10.1. The SMILES string of the molecule is CCNC(=NCC(CC)(CC)c1ccccc1)NCCc1c(C)noc1C.I. The highest BCUT2D eigenvalue weighted by Crippen LogP contribution is 2.31. The normalized spacial score (nSPS) is 11.8. The molecule has 0 aliphatic heterocycles. The first-order chi connectivity index (χ1) is 13.1. The minimum atomic E-state index is 0. The molecule has 0 spiro atoms. The van der Waals surface area contributed by atoms with Crippen molar-refractivity contribution in [3.63, 3.8) is 0 Å². The van der Waals surface area contributed by atoms with Gasteiger partial charge in [-0.25, -0.2) is 0 Å². The molecule has 156 valence electrons. The zero-order valence-electron chi connectivity index (χ0n) is 17.8. The fraction of sp³-hybridized carbons (Fsp3) is 0.545. The summed E-state index contributed by atoms with van der Waals surface area (Å²) in [5, 5.41) is 10.8. The Morgan fingerprint density at radius 1 is 1.07 bits per heavy atom.